The summed E-state index contributed by atoms with van der Waals surface area (Å²) in [6, 6.07) is 0.0798. The van der Waals surface area contributed by atoms with Crippen LogP contribution in [-0.4, -0.2) is 63.8 Å². The molecule has 1 N–H and O–H groups in total. The van der Waals surface area contributed by atoms with Gasteiger partial charge in [-0.1, -0.05) is 0 Å². The fraction of sp³-hybridized carbons (Fsp3) is 0.444. The number of amides is 1. The van der Waals surface area contributed by atoms with Gasteiger partial charge in [0.2, 0.25) is 5.43 Å². The van der Waals surface area contributed by atoms with Crippen LogP contribution in [0.4, 0.5) is 23.4 Å². The smallest absolute Gasteiger partial charge is 0.471 e. The lowest BCUT2D eigenvalue weighted by Gasteiger charge is -2.44. The molecule has 0 aromatic carbocycles. The van der Waals surface area contributed by atoms with Crippen LogP contribution in [0.25, 0.3) is 11.0 Å². The van der Waals surface area contributed by atoms with Gasteiger partial charge in [0.05, 0.1) is 11.4 Å². The predicted molar refractivity (Wildman–Crippen MR) is 96.0 cm³/mol. The Hall–Kier alpha value is -3.18. The van der Waals surface area contributed by atoms with Gasteiger partial charge in [0.15, 0.2) is 11.6 Å². The van der Waals surface area contributed by atoms with Gasteiger partial charge in [0, 0.05) is 32.4 Å². The summed E-state index contributed by atoms with van der Waals surface area (Å²) >= 11 is 0. The fourth-order valence-electron chi connectivity index (χ4n) is 3.48. The molecule has 0 atom stereocenters. The highest BCUT2D eigenvalue weighted by atomic mass is 19.4. The molecule has 0 bridgehead atoms. The van der Waals surface area contributed by atoms with E-state index in [0.717, 1.165) is 26.0 Å². The third-order valence-corrected chi connectivity index (χ3v) is 5.38. The zero-order chi connectivity index (χ0) is 22.0. The maximum atomic E-state index is 14.7. The van der Waals surface area contributed by atoms with E-state index in [2.05, 4.69) is 4.98 Å². The number of aromatic carboxylic acids is 1. The topological polar surface area (TPSA) is 95.7 Å². The number of aromatic nitrogens is 2. The van der Waals surface area contributed by atoms with Crippen LogP contribution < -0.4 is 10.3 Å². The number of rotatable bonds is 4. The lowest BCUT2D eigenvalue weighted by Crippen LogP contribution is -2.62. The number of hydrogen-bond acceptors (Lipinski definition) is 5. The van der Waals surface area contributed by atoms with Crippen molar-refractivity contribution in [2.24, 2.45) is 0 Å². The van der Waals surface area contributed by atoms with Gasteiger partial charge in [0.25, 0.3) is 0 Å². The summed E-state index contributed by atoms with van der Waals surface area (Å²) in [5.74, 6) is -4.47. The van der Waals surface area contributed by atoms with E-state index >= 15 is 0 Å². The Balaban J connectivity index is 1.67. The van der Waals surface area contributed by atoms with Crippen LogP contribution in [0.5, 0.6) is 0 Å². The van der Waals surface area contributed by atoms with Gasteiger partial charge < -0.3 is 19.5 Å². The second-order valence-electron chi connectivity index (χ2n) is 7.45. The molecule has 1 aliphatic carbocycles. The van der Waals surface area contributed by atoms with Crippen molar-refractivity contribution in [3.8, 4) is 0 Å². The summed E-state index contributed by atoms with van der Waals surface area (Å²) < 4.78 is 53.9. The fourth-order valence-corrected chi connectivity index (χ4v) is 3.48. The molecule has 2 aromatic heterocycles. The first-order valence-corrected chi connectivity index (χ1v) is 9.06. The Labute approximate surface area is 166 Å². The maximum Gasteiger partial charge on any atom is 0.471 e. The molecule has 0 spiro atoms. The van der Waals surface area contributed by atoms with Crippen molar-refractivity contribution in [2.45, 2.75) is 31.1 Å². The van der Waals surface area contributed by atoms with E-state index in [1.54, 1.807) is 0 Å². The van der Waals surface area contributed by atoms with Crippen LogP contribution in [0.1, 0.15) is 29.2 Å². The minimum Gasteiger partial charge on any atom is -0.477 e. The molecule has 30 heavy (non-hydrogen) atoms. The standard InChI is InChI=1S/C18H16F4N4O4/c1-24(17(30)18(20,21)22)9-5-25(6-9)15-12(19)4-10-13(27)11(16(28)29)7-26(8-2-3-8)14(10)23-15/h4,7-9H,2-3,5-6H2,1H3,(H,28,29). The van der Waals surface area contributed by atoms with Gasteiger partial charge in [-0.15, -0.1) is 0 Å². The van der Waals surface area contributed by atoms with E-state index in [1.165, 1.54) is 15.7 Å². The van der Waals surface area contributed by atoms with Gasteiger partial charge in [-0.2, -0.15) is 13.2 Å². The second kappa shape index (κ2) is 6.67. The molecule has 4 rings (SSSR count). The predicted octanol–water partition coefficient (Wildman–Crippen LogP) is 1.78. The highest BCUT2D eigenvalue weighted by molar-refractivity contribution is 5.92. The third-order valence-electron chi connectivity index (χ3n) is 5.38. The molecule has 3 heterocycles. The molecule has 2 aromatic rings. The molecule has 12 heteroatoms. The zero-order valence-corrected chi connectivity index (χ0v) is 15.6. The number of carbonyl (C=O) groups excluding carboxylic acids is 1. The molecule has 2 aliphatic rings. The Bertz CT molecular complexity index is 1120. The number of likely N-dealkylation sites (N-methyl/N-ethyl adjacent to an activating group) is 1. The normalized spacial score (nSPS) is 17.2. The van der Waals surface area contributed by atoms with Crippen molar-refractivity contribution in [1.82, 2.24) is 14.5 Å². The van der Waals surface area contributed by atoms with Crippen molar-refractivity contribution in [3.05, 3.63) is 33.9 Å². The number of nitrogens with zero attached hydrogens (tertiary/aromatic N) is 4. The van der Waals surface area contributed by atoms with Crippen LogP contribution in [0, 0.1) is 5.82 Å². The van der Waals surface area contributed by atoms with Crippen molar-refractivity contribution >= 4 is 28.7 Å². The molecule has 1 saturated heterocycles. The quantitative estimate of drug-likeness (QED) is 0.746. The van der Waals surface area contributed by atoms with Gasteiger partial charge >= 0.3 is 18.1 Å². The average molecular weight is 428 g/mol. The summed E-state index contributed by atoms with van der Waals surface area (Å²) in [6.07, 6.45) is -2.30. The maximum absolute atomic E-state index is 14.7. The number of carbonyl (C=O) groups is 2. The molecule has 0 unspecified atom stereocenters. The summed E-state index contributed by atoms with van der Waals surface area (Å²) in [5.41, 5.74) is -1.23. The van der Waals surface area contributed by atoms with Crippen LogP contribution in [0.2, 0.25) is 0 Å². The van der Waals surface area contributed by atoms with E-state index in [-0.39, 0.29) is 36.0 Å². The number of hydrogen-bond donors (Lipinski definition) is 1. The van der Waals surface area contributed by atoms with Crippen LogP contribution in [-0.2, 0) is 4.79 Å². The number of alkyl halides is 3. The van der Waals surface area contributed by atoms with Gasteiger partial charge in [0.1, 0.15) is 11.2 Å². The number of anilines is 1. The third kappa shape index (κ3) is 3.25. The number of carboxylic acids is 1. The Morgan fingerprint density at radius 3 is 2.43 bits per heavy atom. The van der Waals surface area contributed by atoms with Crippen molar-refractivity contribution in [1.29, 1.82) is 0 Å². The minimum atomic E-state index is -5.00. The van der Waals surface area contributed by atoms with E-state index in [4.69, 9.17) is 0 Å². The SMILES string of the molecule is CN(C(=O)C(F)(F)F)C1CN(c2nc3c(cc2F)c(=O)c(C(=O)O)cn3C2CC2)C1. The number of halogens is 4. The highest BCUT2D eigenvalue weighted by Gasteiger charge is 2.46. The van der Waals surface area contributed by atoms with E-state index in [9.17, 15) is 37.1 Å². The molecular formula is C18H16F4N4O4. The summed E-state index contributed by atoms with van der Waals surface area (Å²) in [6.45, 7) is -0.122. The number of carboxylic acid groups (broad SMARTS) is 1. The first-order valence-electron chi connectivity index (χ1n) is 9.06. The van der Waals surface area contributed by atoms with Crippen LogP contribution >= 0.6 is 0 Å². The van der Waals surface area contributed by atoms with E-state index in [1.807, 2.05) is 0 Å². The molecular weight excluding hydrogens is 412 g/mol. The first-order chi connectivity index (χ1) is 14.0. The summed E-state index contributed by atoms with van der Waals surface area (Å²) in [7, 11) is 1.03. The molecule has 8 nitrogen and oxygen atoms in total. The van der Waals surface area contributed by atoms with Gasteiger partial charge in [-0.3, -0.25) is 9.59 Å². The summed E-state index contributed by atoms with van der Waals surface area (Å²) in [5, 5.41) is 9.07. The summed E-state index contributed by atoms with van der Waals surface area (Å²) in [4.78, 5) is 41.3. The molecule has 1 amide bonds. The first kappa shape index (κ1) is 20.1. The highest BCUT2D eigenvalue weighted by Crippen LogP contribution is 2.37. The molecule has 1 saturated carbocycles. The molecule has 0 radical (unpaired) electrons. The average Bonchev–Trinajstić information content (AvgIpc) is 3.45. The Morgan fingerprint density at radius 2 is 1.90 bits per heavy atom. The van der Waals surface area contributed by atoms with Gasteiger partial charge in [-0.05, 0) is 18.9 Å². The van der Waals surface area contributed by atoms with Crippen molar-refractivity contribution < 1.29 is 32.3 Å². The molecule has 2 fully saturated rings. The zero-order valence-electron chi connectivity index (χ0n) is 15.6. The van der Waals surface area contributed by atoms with E-state index in [0.29, 0.717) is 4.90 Å². The Morgan fingerprint density at radius 1 is 1.27 bits per heavy atom. The molecule has 1 aliphatic heterocycles. The number of pyridine rings is 2. The second-order valence-corrected chi connectivity index (χ2v) is 7.45. The lowest BCUT2D eigenvalue weighted by molar-refractivity contribution is -0.186. The van der Waals surface area contributed by atoms with E-state index < -0.39 is 40.9 Å². The minimum absolute atomic E-state index is 0.0586. The largest absolute Gasteiger partial charge is 0.477 e. The van der Waals surface area contributed by atoms with Crippen molar-refractivity contribution in [2.75, 3.05) is 25.0 Å². The number of fused-ring (bicyclic) bond motifs is 1. The Kier molecular flexibility index (Phi) is 4.47. The monoisotopic (exact) mass is 428 g/mol. The van der Waals surface area contributed by atoms with Crippen molar-refractivity contribution in [3.63, 3.8) is 0 Å². The van der Waals surface area contributed by atoms with Crippen LogP contribution in [0.3, 0.4) is 0 Å². The lowest BCUT2D eigenvalue weighted by atomic mass is 10.1. The van der Waals surface area contributed by atoms with Gasteiger partial charge in [-0.25, -0.2) is 14.2 Å². The molecule has 160 valence electrons. The van der Waals surface area contributed by atoms with Crippen LogP contribution in [0.15, 0.2) is 17.1 Å².